The molecule has 2 N–H and O–H groups in total. The molecule has 19 heavy (non-hydrogen) atoms. The fourth-order valence-corrected chi connectivity index (χ4v) is 3.46. The smallest absolute Gasteiger partial charge is 0.0689 e. The summed E-state index contributed by atoms with van der Waals surface area (Å²) in [6.07, 6.45) is 9.48. The molecular weight excluding hydrogens is 242 g/mol. The standard InChI is InChI=1S/C15H29NO3/c1-18-10-9-16-12-13(17)11-14-5-8-15(19-14)6-3-2-4-7-15/h13-14,16-17H,2-12H2,1H3. The van der Waals surface area contributed by atoms with Crippen LogP contribution >= 0.6 is 0 Å². The van der Waals surface area contributed by atoms with Crippen molar-refractivity contribution in [2.75, 3.05) is 26.8 Å². The lowest BCUT2D eigenvalue weighted by Gasteiger charge is -2.33. The highest BCUT2D eigenvalue weighted by atomic mass is 16.5. The van der Waals surface area contributed by atoms with Crippen molar-refractivity contribution in [1.29, 1.82) is 0 Å². The first-order valence-corrected chi connectivity index (χ1v) is 7.80. The summed E-state index contributed by atoms with van der Waals surface area (Å²) in [6, 6.07) is 0. The van der Waals surface area contributed by atoms with E-state index in [0.717, 1.165) is 19.4 Å². The van der Waals surface area contributed by atoms with Gasteiger partial charge in [0.05, 0.1) is 24.4 Å². The molecule has 2 fully saturated rings. The third kappa shape index (κ3) is 4.71. The number of hydrogen-bond acceptors (Lipinski definition) is 4. The van der Waals surface area contributed by atoms with Crippen molar-refractivity contribution in [1.82, 2.24) is 5.32 Å². The second-order valence-corrected chi connectivity index (χ2v) is 6.11. The van der Waals surface area contributed by atoms with Gasteiger partial charge in [0, 0.05) is 26.6 Å². The second-order valence-electron chi connectivity index (χ2n) is 6.11. The maximum Gasteiger partial charge on any atom is 0.0689 e. The van der Waals surface area contributed by atoms with E-state index in [1.807, 2.05) is 0 Å². The van der Waals surface area contributed by atoms with Gasteiger partial charge in [-0.05, 0) is 25.7 Å². The van der Waals surface area contributed by atoms with Gasteiger partial charge < -0.3 is 19.9 Å². The van der Waals surface area contributed by atoms with Crippen LogP contribution < -0.4 is 5.32 Å². The minimum atomic E-state index is -0.305. The van der Waals surface area contributed by atoms with Crippen molar-refractivity contribution < 1.29 is 14.6 Å². The summed E-state index contributed by atoms with van der Waals surface area (Å²) in [5.74, 6) is 0. The largest absolute Gasteiger partial charge is 0.392 e. The van der Waals surface area contributed by atoms with Gasteiger partial charge in [0.15, 0.2) is 0 Å². The van der Waals surface area contributed by atoms with E-state index in [9.17, 15) is 5.11 Å². The van der Waals surface area contributed by atoms with Gasteiger partial charge in [-0.15, -0.1) is 0 Å². The number of ether oxygens (including phenoxy) is 2. The molecule has 0 bridgehead atoms. The van der Waals surface area contributed by atoms with Gasteiger partial charge in [-0.25, -0.2) is 0 Å². The molecule has 0 radical (unpaired) electrons. The van der Waals surface area contributed by atoms with Gasteiger partial charge in [0.2, 0.25) is 0 Å². The molecule has 4 heteroatoms. The van der Waals surface area contributed by atoms with Crippen molar-refractivity contribution >= 4 is 0 Å². The van der Waals surface area contributed by atoms with Crippen molar-refractivity contribution in [3.05, 3.63) is 0 Å². The molecule has 0 aromatic carbocycles. The minimum Gasteiger partial charge on any atom is -0.392 e. The molecule has 0 aromatic heterocycles. The van der Waals surface area contributed by atoms with Crippen molar-refractivity contribution in [3.63, 3.8) is 0 Å². The highest BCUT2D eigenvalue weighted by Crippen LogP contribution is 2.42. The van der Waals surface area contributed by atoms with Crippen LogP contribution in [0.25, 0.3) is 0 Å². The molecule has 1 aliphatic carbocycles. The Morgan fingerprint density at radius 2 is 2.11 bits per heavy atom. The van der Waals surface area contributed by atoms with Gasteiger partial charge in [-0.2, -0.15) is 0 Å². The molecule has 1 saturated heterocycles. The average Bonchev–Trinajstić information content (AvgIpc) is 2.78. The number of methoxy groups -OCH3 is 1. The van der Waals surface area contributed by atoms with Crippen LogP contribution in [0.2, 0.25) is 0 Å². The minimum absolute atomic E-state index is 0.173. The van der Waals surface area contributed by atoms with E-state index in [1.54, 1.807) is 7.11 Å². The average molecular weight is 271 g/mol. The first kappa shape index (κ1) is 15.2. The maximum atomic E-state index is 10.0. The van der Waals surface area contributed by atoms with Gasteiger partial charge in [-0.3, -0.25) is 0 Å². The van der Waals surface area contributed by atoms with E-state index < -0.39 is 0 Å². The molecule has 0 aromatic rings. The fraction of sp³-hybridized carbons (Fsp3) is 1.00. The first-order valence-electron chi connectivity index (χ1n) is 7.80. The summed E-state index contributed by atoms with van der Waals surface area (Å²) in [5.41, 5.74) is 0.173. The zero-order chi connectivity index (χ0) is 13.6. The van der Waals surface area contributed by atoms with Crippen LogP contribution in [0.3, 0.4) is 0 Å². The molecule has 0 amide bonds. The van der Waals surface area contributed by atoms with E-state index in [4.69, 9.17) is 9.47 Å². The lowest BCUT2D eigenvalue weighted by atomic mass is 9.83. The lowest BCUT2D eigenvalue weighted by molar-refractivity contribution is -0.0752. The number of nitrogens with one attached hydrogen (secondary N) is 1. The summed E-state index contributed by atoms with van der Waals surface area (Å²) in [6.45, 7) is 2.12. The Morgan fingerprint density at radius 3 is 2.84 bits per heavy atom. The molecular formula is C15H29NO3. The summed E-state index contributed by atoms with van der Waals surface area (Å²) >= 11 is 0. The van der Waals surface area contributed by atoms with Crippen molar-refractivity contribution in [2.45, 2.75) is 69.2 Å². The van der Waals surface area contributed by atoms with E-state index in [-0.39, 0.29) is 17.8 Å². The zero-order valence-electron chi connectivity index (χ0n) is 12.2. The van der Waals surface area contributed by atoms with Gasteiger partial charge in [0.25, 0.3) is 0 Å². The van der Waals surface area contributed by atoms with Crippen molar-refractivity contribution in [3.8, 4) is 0 Å². The highest BCUT2D eigenvalue weighted by molar-refractivity contribution is 4.91. The van der Waals surface area contributed by atoms with E-state index in [0.29, 0.717) is 13.2 Å². The maximum absolute atomic E-state index is 10.0. The first-order chi connectivity index (χ1) is 9.24. The molecule has 1 spiro atoms. The summed E-state index contributed by atoms with van der Waals surface area (Å²) < 4.78 is 11.2. The molecule has 1 heterocycles. The van der Waals surface area contributed by atoms with Crippen LogP contribution in [0.4, 0.5) is 0 Å². The molecule has 1 aliphatic heterocycles. The van der Waals surface area contributed by atoms with Crippen LogP contribution in [-0.4, -0.2) is 49.7 Å². The predicted molar refractivity (Wildman–Crippen MR) is 75.3 cm³/mol. The van der Waals surface area contributed by atoms with E-state index in [2.05, 4.69) is 5.32 Å². The van der Waals surface area contributed by atoms with Crippen LogP contribution in [0.1, 0.15) is 51.4 Å². The molecule has 2 atom stereocenters. The Morgan fingerprint density at radius 1 is 1.32 bits per heavy atom. The Labute approximate surface area is 116 Å². The number of rotatable bonds is 7. The van der Waals surface area contributed by atoms with Crippen LogP contribution in [-0.2, 0) is 9.47 Å². The Bertz CT molecular complexity index is 254. The molecule has 4 nitrogen and oxygen atoms in total. The number of aliphatic hydroxyl groups is 1. The fourth-order valence-electron chi connectivity index (χ4n) is 3.46. The molecule has 2 rings (SSSR count). The Balaban J connectivity index is 1.63. The number of hydrogen-bond donors (Lipinski definition) is 2. The summed E-state index contributed by atoms with van der Waals surface area (Å²) in [5, 5.41) is 13.2. The predicted octanol–water partition coefficient (Wildman–Crippen LogP) is 1.86. The molecule has 2 unspecified atom stereocenters. The Hall–Kier alpha value is -0.160. The monoisotopic (exact) mass is 271 g/mol. The van der Waals surface area contributed by atoms with Crippen LogP contribution in [0.5, 0.6) is 0 Å². The van der Waals surface area contributed by atoms with Crippen LogP contribution in [0, 0.1) is 0 Å². The third-order valence-electron chi connectivity index (χ3n) is 4.50. The van der Waals surface area contributed by atoms with Gasteiger partial charge >= 0.3 is 0 Å². The van der Waals surface area contributed by atoms with Gasteiger partial charge in [0.1, 0.15) is 0 Å². The lowest BCUT2D eigenvalue weighted by Crippen LogP contribution is -2.34. The topological polar surface area (TPSA) is 50.7 Å². The Kier molecular flexibility index (Phi) is 6.07. The normalized spacial score (nSPS) is 27.8. The third-order valence-corrected chi connectivity index (χ3v) is 4.50. The van der Waals surface area contributed by atoms with Crippen LogP contribution in [0.15, 0.2) is 0 Å². The second kappa shape index (κ2) is 7.58. The van der Waals surface area contributed by atoms with Crippen molar-refractivity contribution in [2.24, 2.45) is 0 Å². The SMILES string of the molecule is COCCNCC(O)CC1CCC2(CCCCC2)O1. The van der Waals surface area contributed by atoms with E-state index >= 15 is 0 Å². The number of aliphatic hydroxyl groups excluding tert-OH is 1. The van der Waals surface area contributed by atoms with E-state index in [1.165, 1.54) is 38.5 Å². The highest BCUT2D eigenvalue weighted by Gasteiger charge is 2.40. The zero-order valence-corrected chi connectivity index (χ0v) is 12.2. The summed E-state index contributed by atoms with van der Waals surface area (Å²) in [4.78, 5) is 0. The molecule has 2 aliphatic rings. The quantitative estimate of drug-likeness (QED) is 0.694. The summed E-state index contributed by atoms with van der Waals surface area (Å²) in [7, 11) is 1.69. The molecule has 112 valence electrons. The van der Waals surface area contributed by atoms with Gasteiger partial charge in [-0.1, -0.05) is 19.3 Å². The molecule has 1 saturated carbocycles.